The van der Waals surface area contributed by atoms with Crippen molar-refractivity contribution in [2.45, 2.75) is 31.1 Å². The molecule has 1 aliphatic heterocycles. The Morgan fingerprint density at radius 1 is 1.28 bits per heavy atom. The van der Waals surface area contributed by atoms with Gasteiger partial charge in [-0.25, -0.2) is 15.0 Å². The van der Waals surface area contributed by atoms with Crippen LogP contribution in [0.4, 0.5) is 5.82 Å². The van der Waals surface area contributed by atoms with Gasteiger partial charge in [0.25, 0.3) is 5.91 Å². The van der Waals surface area contributed by atoms with Crippen molar-refractivity contribution < 1.29 is 23.9 Å². The summed E-state index contributed by atoms with van der Waals surface area (Å²) in [5.41, 5.74) is 2.07. The van der Waals surface area contributed by atoms with Gasteiger partial charge in [-0.3, -0.25) is 14.3 Å². The molecule has 186 valence electrons. The van der Waals surface area contributed by atoms with E-state index in [1.807, 2.05) is 24.3 Å². The van der Waals surface area contributed by atoms with Gasteiger partial charge in [0.2, 0.25) is 0 Å². The zero-order chi connectivity index (χ0) is 27.9. The van der Waals surface area contributed by atoms with Gasteiger partial charge >= 0.3 is 0 Å². The molecule has 1 aromatic carbocycles. The van der Waals surface area contributed by atoms with Crippen LogP contribution >= 0.6 is 34.2 Å². The maximum absolute atomic E-state index is 12.4. The number of nitrogens with zero attached hydrogens (tertiary/aromatic N) is 5. The number of carbonyl (C=O) groups is 1. The number of fused-ring (bicyclic) bond motifs is 1. The second-order valence-electron chi connectivity index (χ2n) is 8.01. The highest BCUT2D eigenvalue weighted by molar-refractivity contribution is 14.1. The predicted octanol–water partition coefficient (Wildman–Crippen LogP) is 2.12. The van der Waals surface area contributed by atoms with Crippen LogP contribution in [-0.4, -0.2) is 65.9 Å². The van der Waals surface area contributed by atoms with Crippen LogP contribution < -0.4 is 10.6 Å². The molecule has 1 amide bonds. The molecule has 0 radical (unpaired) electrons. The van der Waals surface area contributed by atoms with E-state index in [2.05, 4.69) is 47.8 Å². The summed E-state index contributed by atoms with van der Waals surface area (Å²) in [7, 11) is 0. The van der Waals surface area contributed by atoms with Crippen LogP contribution in [0.25, 0.3) is 22.6 Å². The molecular formula is C23H21ClIN7O4. The minimum absolute atomic E-state index is 0.221. The average molecular weight is 625 g/mol. The van der Waals surface area contributed by atoms with Crippen LogP contribution in [0.2, 0.25) is 5.02 Å². The van der Waals surface area contributed by atoms with Gasteiger partial charge < -0.3 is 25.6 Å². The fraction of sp³-hybridized carbons (Fsp3) is 0.261. The first-order valence-corrected chi connectivity index (χ1v) is 12.1. The fourth-order valence-electron chi connectivity index (χ4n) is 3.90. The second-order valence-corrected chi connectivity index (χ2v) is 9.69. The molecule has 4 aromatic rings. The summed E-state index contributed by atoms with van der Waals surface area (Å²) in [5.74, 6) is -0.472. The molecule has 5 rings (SSSR count). The number of rotatable bonds is 6. The van der Waals surface area contributed by atoms with Crippen molar-refractivity contribution in [3.63, 3.8) is 0 Å². The van der Waals surface area contributed by atoms with E-state index in [1.165, 1.54) is 23.3 Å². The average Bonchev–Trinajstić information content (AvgIpc) is 3.42. The van der Waals surface area contributed by atoms with Crippen LogP contribution in [0.15, 0.2) is 49.1 Å². The van der Waals surface area contributed by atoms with Crippen LogP contribution in [-0.2, 0) is 16.1 Å². The number of anilines is 1. The molecule has 1 aliphatic rings. The summed E-state index contributed by atoms with van der Waals surface area (Å²) in [6.07, 6.45) is -1.90. The molecule has 1 saturated heterocycles. The molecule has 36 heavy (non-hydrogen) atoms. The second kappa shape index (κ2) is 10.2. The summed E-state index contributed by atoms with van der Waals surface area (Å²) in [4.78, 5) is 30.1. The number of amides is 1. The number of ether oxygens (including phenoxy) is 1. The molecule has 13 heteroatoms. The van der Waals surface area contributed by atoms with E-state index in [0.717, 1.165) is 9.13 Å². The lowest BCUT2D eigenvalue weighted by Gasteiger charge is -2.17. The number of benzene rings is 1. The van der Waals surface area contributed by atoms with E-state index in [9.17, 15) is 15.0 Å². The minimum atomic E-state index is -2.80. The standard InChI is InChI=1S/C23H21ClIN7O4/c1-26-22(35)18-16(33)17(34)23(36-18)32-10-29-15-20(28-7-11-3-2-4-14(25)5-11)30-19(31-21(15)32)12-6-13(24)9-27-8-12/h2-6,8-10,16-18,23,33-34H,7H2,1H3,(H,26,35)(H,28,30,31)/t16-,17+,18-,23+/m0/s1/i1D3. The molecule has 3 aromatic heterocycles. The van der Waals surface area contributed by atoms with E-state index in [1.54, 1.807) is 11.4 Å². The lowest BCUT2D eigenvalue weighted by Crippen LogP contribution is -2.41. The summed E-state index contributed by atoms with van der Waals surface area (Å²) in [6.45, 7) is -2.38. The Labute approximate surface area is 228 Å². The van der Waals surface area contributed by atoms with Crippen molar-refractivity contribution >= 4 is 57.1 Å². The summed E-state index contributed by atoms with van der Waals surface area (Å²) < 4.78 is 29.8. The van der Waals surface area contributed by atoms with Crippen LogP contribution in [0.3, 0.4) is 0 Å². The monoisotopic (exact) mass is 624 g/mol. The van der Waals surface area contributed by atoms with Gasteiger partial charge in [-0.05, 0) is 46.4 Å². The Kier molecular flexibility index (Phi) is 6.02. The number of carbonyl (C=O) groups excluding carboxylic acids is 1. The normalized spacial score (nSPS) is 23.2. The SMILES string of the molecule is [2H]C([2H])([2H])NC(=O)[C@H]1O[C@@H](n2cnc3c(NCc4cccc(I)c4)nc(-c4cncc(Cl)c4)nc32)[C@H](O)[C@@H]1O. The number of nitrogens with one attached hydrogen (secondary N) is 2. The molecule has 4 N–H and O–H groups in total. The molecule has 11 nitrogen and oxygen atoms in total. The Morgan fingerprint density at radius 2 is 2.14 bits per heavy atom. The van der Waals surface area contributed by atoms with Gasteiger partial charge in [-0.2, -0.15) is 0 Å². The number of aromatic nitrogens is 5. The number of aliphatic hydroxyl groups is 2. The number of halogens is 2. The van der Waals surface area contributed by atoms with E-state index >= 15 is 0 Å². The first-order valence-electron chi connectivity index (χ1n) is 12.2. The van der Waals surface area contributed by atoms with Gasteiger partial charge in [0.1, 0.15) is 12.2 Å². The molecule has 4 atom stereocenters. The lowest BCUT2D eigenvalue weighted by molar-refractivity contribution is -0.137. The summed E-state index contributed by atoms with van der Waals surface area (Å²) in [6, 6.07) is 9.53. The number of aliphatic hydroxyl groups excluding tert-OH is 2. The van der Waals surface area contributed by atoms with Crippen molar-refractivity contribution in [2.75, 3.05) is 12.3 Å². The highest BCUT2D eigenvalue weighted by Gasteiger charge is 2.47. The van der Waals surface area contributed by atoms with Gasteiger partial charge in [0.05, 0.1) is 11.3 Å². The summed E-state index contributed by atoms with van der Waals surface area (Å²) in [5, 5.41) is 26.7. The van der Waals surface area contributed by atoms with Crippen LogP contribution in [0.5, 0.6) is 0 Å². The van der Waals surface area contributed by atoms with E-state index in [-0.39, 0.29) is 11.5 Å². The summed E-state index contributed by atoms with van der Waals surface area (Å²) >= 11 is 8.36. The van der Waals surface area contributed by atoms with Crippen molar-refractivity contribution in [2.24, 2.45) is 0 Å². The van der Waals surface area contributed by atoms with E-state index in [4.69, 9.17) is 20.5 Å². The number of pyridine rings is 1. The maximum Gasteiger partial charge on any atom is 0.251 e. The van der Waals surface area contributed by atoms with Crippen molar-refractivity contribution in [3.05, 3.63) is 63.2 Å². The molecule has 0 saturated carbocycles. The molecular weight excluding hydrogens is 601 g/mol. The minimum Gasteiger partial charge on any atom is -0.387 e. The molecule has 0 spiro atoms. The topological polar surface area (TPSA) is 147 Å². The molecule has 0 aliphatic carbocycles. The van der Waals surface area contributed by atoms with Crippen LogP contribution in [0.1, 0.15) is 15.9 Å². The smallest absolute Gasteiger partial charge is 0.251 e. The third-order valence-corrected chi connectivity index (χ3v) is 6.51. The molecule has 4 heterocycles. The number of imidazole rings is 1. The maximum atomic E-state index is 12.4. The Hall–Kier alpha value is -2.91. The van der Waals surface area contributed by atoms with Gasteiger partial charge in [-0.15, -0.1) is 0 Å². The molecule has 1 fully saturated rings. The largest absolute Gasteiger partial charge is 0.387 e. The number of hydrogen-bond donors (Lipinski definition) is 4. The quantitative estimate of drug-likeness (QED) is 0.237. The highest BCUT2D eigenvalue weighted by Crippen LogP contribution is 2.34. The van der Waals surface area contributed by atoms with Gasteiger partial charge in [-0.1, -0.05) is 23.7 Å². The number of likely N-dealkylation sites (N-methyl/N-ethyl adjacent to an activating group) is 1. The first kappa shape index (κ1) is 21.2. The van der Waals surface area contributed by atoms with Crippen molar-refractivity contribution in [1.82, 2.24) is 29.8 Å². The lowest BCUT2D eigenvalue weighted by atomic mass is 10.1. The molecule has 0 bridgehead atoms. The van der Waals surface area contributed by atoms with E-state index < -0.39 is 37.4 Å². The Balaban J connectivity index is 1.54. The fourth-order valence-corrected chi connectivity index (χ4v) is 4.68. The Bertz CT molecular complexity index is 1540. The molecule has 0 unspecified atom stereocenters. The van der Waals surface area contributed by atoms with Crippen molar-refractivity contribution in [1.29, 1.82) is 0 Å². The zero-order valence-electron chi connectivity index (χ0n) is 21.3. The van der Waals surface area contributed by atoms with Crippen LogP contribution in [0, 0.1) is 3.57 Å². The highest BCUT2D eigenvalue weighted by atomic mass is 127. The van der Waals surface area contributed by atoms with Crippen molar-refractivity contribution in [3.8, 4) is 11.4 Å². The first-order chi connectivity index (χ1) is 18.5. The van der Waals surface area contributed by atoms with E-state index in [0.29, 0.717) is 28.5 Å². The zero-order valence-corrected chi connectivity index (χ0v) is 21.3. The third-order valence-electron chi connectivity index (χ3n) is 5.63. The number of hydrogen-bond acceptors (Lipinski definition) is 9. The Morgan fingerprint density at radius 3 is 2.92 bits per heavy atom. The van der Waals surface area contributed by atoms with Gasteiger partial charge in [0, 0.05) is 39.2 Å². The predicted molar refractivity (Wildman–Crippen MR) is 140 cm³/mol. The van der Waals surface area contributed by atoms with Gasteiger partial charge in [0.15, 0.2) is 35.1 Å². The third kappa shape index (κ3) is 4.74.